The van der Waals surface area contributed by atoms with Crippen molar-refractivity contribution in [3.63, 3.8) is 0 Å². The highest BCUT2D eigenvalue weighted by atomic mass is 16.1. The number of benzene rings is 2. The van der Waals surface area contributed by atoms with Crippen molar-refractivity contribution in [3.05, 3.63) is 70.8 Å². The van der Waals surface area contributed by atoms with E-state index in [0.29, 0.717) is 11.1 Å². The van der Waals surface area contributed by atoms with E-state index in [1.165, 1.54) is 0 Å². The third-order valence-corrected chi connectivity index (χ3v) is 3.21. The van der Waals surface area contributed by atoms with Crippen molar-refractivity contribution in [2.75, 3.05) is 0 Å². The summed E-state index contributed by atoms with van der Waals surface area (Å²) < 4.78 is 0. The van der Waals surface area contributed by atoms with Gasteiger partial charge < -0.3 is 0 Å². The molecule has 0 radical (unpaired) electrons. The molecule has 2 aromatic carbocycles. The van der Waals surface area contributed by atoms with E-state index in [0.717, 1.165) is 11.1 Å². The fourth-order valence-electron chi connectivity index (χ4n) is 2.11. The Balaban J connectivity index is 2.19. The van der Waals surface area contributed by atoms with Crippen LogP contribution in [-0.4, -0.2) is 11.6 Å². The average molecular weight is 252 g/mol. The van der Waals surface area contributed by atoms with Crippen molar-refractivity contribution in [1.29, 1.82) is 0 Å². The van der Waals surface area contributed by atoms with E-state index in [-0.39, 0.29) is 18.0 Å². The van der Waals surface area contributed by atoms with Gasteiger partial charge >= 0.3 is 0 Å². The van der Waals surface area contributed by atoms with Crippen LogP contribution in [0.5, 0.6) is 0 Å². The summed E-state index contributed by atoms with van der Waals surface area (Å²) >= 11 is 0. The van der Waals surface area contributed by atoms with E-state index in [2.05, 4.69) is 0 Å². The van der Waals surface area contributed by atoms with Crippen LogP contribution in [0.4, 0.5) is 0 Å². The van der Waals surface area contributed by atoms with Crippen LogP contribution in [-0.2, 0) is 0 Å². The number of rotatable bonds is 4. The molecule has 2 nitrogen and oxygen atoms in total. The second-order valence-corrected chi connectivity index (χ2v) is 4.65. The number of carbonyl (C=O) groups is 2. The van der Waals surface area contributed by atoms with E-state index in [9.17, 15) is 9.59 Å². The Bertz CT molecular complexity index is 571. The number of ketones is 2. The largest absolute Gasteiger partial charge is 0.294 e. The van der Waals surface area contributed by atoms with Crippen LogP contribution in [0.15, 0.2) is 48.5 Å². The lowest BCUT2D eigenvalue weighted by Gasteiger charge is -2.06. The first-order valence-corrected chi connectivity index (χ1v) is 6.27. The topological polar surface area (TPSA) is 34.1 Å². The molecule has 2 heteroatoms. The zero-order valence-electron chi connectivity index (χ0n) is 11.1. The van der Waals surface area contributed by atoms with E-state index >= 15 is 0 Å². The van der Waals surface area contributed by atoms with Crippen LogP contribution in [0.25, 0.3) is 0 Å². The molecular formula is C17H16O2. The predicted molar refractivity (Wildman–Crippen MR) is 75.6 cm³/mol. The minimum atomic E-state index is -0.119. The maximum atomic E-state index is 12.1. The van der Waals surface area contributed by atoms with Gasteiger partial charge in [0, 0.05) is 11.1 Å². The normalized spacial score (nSPS) is 10.2. The third-order valence-electron chi connectivity index (χ3n) is 3.21. The minimum Gasteiger partial charge on any atom is -0.294 e. The molecule has 96 valence electrons. The Morgan fingerprint density at radius 3 is 1.47 bits per heavy atom. The first kappa shape index (κ1) is 13.2. The molecule has 2 rings (SSSR count). The second-order valence-electron chi connectivity index (χ2n) is 4.65. The zero-order valence-corrected chi connectivity index (χ0v) is 11.1. The van der Waals surface area contributed by atoms with Gasteiger partial charge in [0.2, 0.25) is 0 Å². The molecule has 0 fully saturated rings. The quantitative estimate of drug-likeness (QED) is 0.613. The molecule has 0 atom stereocenters. The lowest BCUT2D eigenvalue weighted by molar-refractivity contribution is 0.0893. The molecule has 0 aliphatic heterocycles. The van der Waals surface area contributed by atoms with E-state index < -0.39 is 0 Å². The number of Topliss-reactive ketones (excluding diaryl/α,β-unsaturated/α-hetero) is 2. The fourth-order valence-corrected chi connectivity index (χ4v) is 2.11. The van der Waals surface area contributed by atoms with E-state index in [4.69, 9.17) is 0 Å². The molecule has 0 aliphatic rings. The lowest BCUT2D eigenvalue weighted by atomic mass is 9.96. The lowest BCUT2D eigenvalue weighted by Crippen LogP contribution is -2.10. The molecule has 0 aliphatic carbocycles. The molecule has 0 saturated heterocycles. The molecule has 19 heavy (non-hydrogen) atoms. The Kier molecular flexibility index (Phi) is 3.91. The number of hydrogen-bond acceptors (Lipinski definition) is 2. The Hall–Kier alpha value is -2.22. The predicted octanol–water partition coefficient (Wildman–Crippen LogP) is 3.76. The maximum Gasteiger partial charge on any atom is 0.170 e. The zero-order chi connectivity index (χ0) is 13.8. The number of aryl methyl sites for hydroxylation is 2. The van der Waals surface area contributed by atoms with Crippen LogP contribution in [0.1, 0.15) is 38.3 Å². The van der Waals surface area contributed by atoms with Crippen molar-refractivity contribution in [3.8, 4) is 0 Å². The molecule has 0 unspecified atom stereocenters. The first-order valence-electron chi connectivity index (χ1n) is 6.27. The molecule has 0 spiro atoms. The van der Waals surface area contributed by atoms with Gasteiger partial charge in [-0.15, -0.1) is 0 Å². The van der Waals surface area contributed by atoms with Gasteiger partial charge in [0.15, 0.2) is 11.6 Å². The summed E-state index contributed by atoms with van der Waals surface area (Å²) in [5, 5.41) is 0. The van der Waals surface area contributed by atoms with Crippen LogP contribution in [0.2, 0.25) is 0 Å². The standard InChI is InChI=1S/C17H16O2/c1-12-7-3-5-9-14(12)16(18)11-17(19)15-10-6-4-8-13(15)2/h3-10H,11H2,1-2H3. The molecule has 0 N–H and O–H groups in total. The summed E-state index contributed by atoms with van der Waals surface area (Å²) in [4.78, 5) is 24.3. The molecule has 0 aromatic heterocycles. The van der Waals surface area contributed by atoms with Gasteiger partial charge in [-0.1, -0.05) is 48.5 Å². The van der Waals surface area contributed by atoms with Crippen molar-refractivity contribution in [1.82, 2.24) is 0 Å². The Morgan fingerprint density at radius 2 is 1.11 bits per heavy atom. The van der Waals surface area contributed by atoms with Gasteiger partial charge in [0.05, 0.1) is 6.42 Å². The average Bonchev–Trinajstić information content (AvgIpc) is 2.39. The first-order chi connectivity index (χ1) is 9.09. The van der Waals surface area contributed by atoms with E-state index in [1.54, 1.807) is 12.1 Å². The van der Waals surface area contributed by atoms with Gasteiger partial charge in [0.25, 0.3) is 0 Å². The third kappa shape index (κ3) is 2.97. The minimum absolute atomic E-state index is 0.0737. The monoisotopic (exact) mass is 252 g/mol. The van der Waals surface area contributed by atoms with Gasteiger partial charge in [-0.2, -0.15) is 0 Å². The summed E-state index contributed by atoms with van der Waals surface area (Å²) in [7, 11) is 0. The van der Waals surface area contributed by atoms with Gasteiger partial charge in [-0.05, 0) is 25.0 Å². The summed E-state index contributed by atoms with van der Waals surface area (Å²) in [6, 6.07) is 14.7. The molecular weight excluding hydrogens is 236 g/mol. The molecule has 2 aromatic rings. The SMILES string of the molecule is Cc1ccccc1C(=O)CC(=O)c1ccccc1C. The molecule has 0 amide bonds. The van der Waals surface area contributed by atoms with Crippen molar-refractivity contribution >= 4 is 11.6 Å². The summed E-state index contributed by atoms with van der Waals surface area (Å²) in [6.07, 6.45) is -0.0737. The van der Waals surface area contributed by atoms with Gasteiger partial charge in [-0.25, -0.2) is 0 Å². The number of carbonyl (C=O) groups excluding carboxylic acids is 2. The second kappa shape index (κ2) is 5.61. The van der Waals surface area contributed by atoms with Gasteiger partial charge in [0.1, 0.15) is 0 Å². The van der Waals surface area contributed by atoms with Gasteiger partial charge in [-0.3, -0.25) is 9.59 Å². The summed E-state index contributed by atoms with van der Waals surface area (Å²) in [5.41, 5.74) is 3.07. The molecule has 0 saturated carbocycles. The highest BCUT2D eigenvalue weighted by Gasteiger charge is 2.16. The Labute approximate surface area is 113 Å². The van der Waals surface area contributed by atoms with Crippen LogP contribution in [0, 0.1) is 13.8 Å². The smallest absolute Gasteiger partial charge is 0.170 e. The van der Waals surface area contributed by atoms with Crippen molar-refractivity contribution in [2.45, 2.75) is 20.3 Å². The fraction of sp³-hybridized carbons (Fsp3) is 0.176. The maximum absolute atomic E-state index is 12.1. The van der Waals surface area contributed by atoms with Crippen LogP contribution in [0.3, 0.4) is 0 Å². The molecule has 0 bridgehead atoms. The van der Waals surface area contributed by atoms with Crippen LogP contribution >= 0.6 is 0 Å². The van der Waals surface area contributed by atoms with E-state index in [1.807, 2.05) is 50.2 Å². The summed E-state index contributed by atoms with van der Waals surface area (Å²) in [6.45, 7) is 3.76. The van der Waals surface area contributed by atoms with Crippen LogP contribution < -0.4 is 0 Å². The highest BCUT2D eigenvalue weighted by molar-refractivity contribution is 6.14. The highest BCUT2D eigenvalue weighted by Crippen LogP contribution is 2.14. The van der Waals surface area contributed by atoms with Crippen molar-refractivity contribution in [2.24, 2.45) is 0 Å². The molecule has 0 heterocycles. The van der Waals surface area contributed by atoms with Crippen molar-refractivity contribution < 1.29 is 9.59 Å². The Morgan fingerprint density at radius 1 is 0.737 bits per heavy atom. The summed E-state index contributed by atoms with van der Waals surface area (Å²) in [5.74, 6) is -0.238. The number of hydrogen-bond donors (Lipinski definition) is 0.